The van der Waals surface area contributed by atoms with E-state index in [1.165, 1.54) is 0 Å². The van der Waals surface area contributed by atoms with Crippen LogP contribution in [0.2, 0.25) is 0 Å². The number of piperazine rings is 1. The molecular formula is C13H18BrN3O. The third kappa shape index (κ3) is 2.37. The second-order valence-corrected chi connectivity index (χ2v) is 5.99. The van der Waals surface area contributed by atoms with Crippen LogP contribution in [0.15, 0.2) is 22.7 Å². The van der Waals surface area contributed by atoms with Crippen LogP contribution >= 0.6 is 15.9 Å². The Labute approximate surface area is 116 Å². The predicted octanol–water partition coefficient (Wildman–Crippen LogP) is 1.74. The van der Waals surface area contributed by atoms with Crippen LogP contribution < -0.4 is 16.0 Å². The molecule has 0 radical (unpaired) electrons. The molecule has 0 bridgehead atoms. The number of primary amides is 1. The van der Waals surface area contributed by atoms with Crippen LogP contribution in [0.4, 0.5) is 5.69 Å². The number of hydrogen-bond acceptors (Lipinski definition) is 3. The van der Waals surface area contributed by atoms with Gasteiger partial charge in [-0.2, -0.15) is 0 Å². The van der Waals surface area contributed by atoms with Crippen molar-refractivity contribution in [2.45, 2.75) is 19.4 Å². The number of anilines is 1. The Hall–Kier alpha value is -1.07. The van der Waals surface area contributed by atoms with Gasteiger partial charge in [-0.05, 0) is 41.9 Å². The molecule has 1 saturated heterocycles. The van der Waals surface area contributed by atoms with Crippen LogP contribution in [0.3, 0.4) is 0 Å². The van der Waals surface area contributed by atoms with Crippen molar-refractivity contribution in [3.8, 4) is 0 Å². The Morgan fingerprint density at radius 1 is 1.50 bits per heavy atom. The summed E-state index contributed by atoms with van der Waals surface area (Å²) >= 11 is 3.41. The fourth-order valence-corrected chi connectivity index (χ4v) is 2.96. The summed E-state index contributed by atoms with van der Waals surface area (Å²) in [6.45, 7) is 6.98. The number of benzene rings is 1. The molecule has 1 fully saturated rings. The van der Waals surface area contributed by atoms with E-state index in [1.54, 1.807) is 0 Å². The minimum absolute atomic E-state index is 0.0384. The summed E-state index contributed by atoms with van der Waals surface area (Å²) < 4.78 is 0.752. The number of nitrogens with zero attached hydrogens (tertiary/aromatic N) is 1. The fourth-order valence-electron chi connectivity index (χ4n) is 2.41. The first-order chi connectivity index (χ1) is 8.43. The molecular weight excluding hydrogens is 294 g/mol. The second kappa shape index (κ2) is 4.90. The Morgan fingerprint density at radius 3 is 2.83 bits per heavy atom. The molecule has 0 aromatic heterocycles. The van der Waals surface area contributed by atoms with Crippen molar-refractivity contribution in [1.82, 2.24) is 5.32 Å². The highest BCUT2D eigenvalue weighted by atomic mass is 79.9. The first-order valence-corrected chi connectivity index (χ1v) is 6.79. The van der Waals surface area contributed by atoms with Gasteiger partial charge in [0.2, 0.25) is 0 Å². The number of halogens is 1. The van der Waals surface area contributed by atoms with Gasteiger partial charge in [0, 0.05) is 29.6 Å². The minimum Gasteiger partial charge on any atom is -0.365 e. The van der Waals surface area contributed by atoms with E-state index < -0.39 is 5.91 Å². The highest BCUT2D eigenvalue weighted by molar-refractivity contribution is 9.10. The molecule has 1 heterocycles. The summed E-state index contributed by atoms with van der Waals surface area (Å²) in [5.74, 6) is -0.396. The van der Waals surface area contributed by atoms with Crippen molar-refractivity contribution in [2.75, 3.05) is 24.5 Å². The molecule has 1 aliphatic rings. The van der Waals surface area contributed by atoms with Crippen molar-refractivity contribution < 1.29 is 4.79 Å². The molecule has 1 aliphatic heterocycles. The van der Waals surface area contributed by atoms with Crippen LogP contribution in [0, 0.1) is 0 Å². The molecule has 2 rings (SSSR count). The van der Waals surface area contributed by atoms with E-state index in [4.69, 9.17) is 5.73 Å². The normalized spacial score (nSPS) is 18.7. The highest BCUT2D eigenvalue weighted by Gasteiger charge is 2.32. The zero-order valence-electron chi connectivity index (χ0n) is 10.7. The van der Waals surface area contributed by atoms with E-state index in [0.717, 1.165) is 29.8 Å². The standard InChI is InChI=1S/C13H18BrN3O/c1-13(2)8-16-6-7-17(13)10-5-3-4-9(14)11(10)12(15)18/h3-5,16H,6-8H2,1-2H3,(H2,15,18). The maximum absolute atomic E-state index is 11.6. The SMILES string of the molecule is CC1(C)CNCCN1c1cccc(Br)c1C(N)=O. The zero-order valence-corrected chi connectivity index (χ0v) is 12.3. The van der Waals surface area contributed by atoms with Gasteiger partial charge in [-0.25, -0.2) is 0 Å². The lowest BCUT2D eigenvalue weighted by molar-refractivity contribution is 0.1000. The molecule has 1 amide bonds. The molecule has 98 valence electrons. The summed E-state index contributed by atoms with van der Waals surface area (Å²) in [6, 6.07) is 5.74. The summed E-state index contributed by atoms with van der Waals surface area (Å²) in [5, 5.41) is 3.37. The van der Waals surface area contributed by atoms with Crippen LogP contribution in [-0.4, -0.2) is 31.1 Å². The highest BCUT2D eigenvalue weighted by Crippen LogP contribution is 2.32. The molecule has 4 nitrogen and oxygen atoms in total. The zero-order chi connectivity index (χ0) is 13.3. The molecule has 0 atom stereocenters. The van der Waals surface area contributed by atoms with Crippen molar-refractivity contribution in [1.29, 1.82) is 0 Å². The van der Waals surface area contributed by atoms with E-state index in [0.29, 0.717) is 5.56 Å². The van der Waals surface area contributed by atoms with Gasteiger partial charge in [-0.15, -0.1) is 0 Å². The number of carbonyl (C=O) groups excluding carboxylic acids is 1. The van der Waals surface area contributed by atoms with E-state index in [9.17, 15) is 4.79 Å². The molecule has 1 aromatic rings. The summed E-state index contributed by atoms with van der Waals surface area (Å²) in [4.78, 5) is 13.9. The average Bonchev–Trinajstić information content (AvgIpc) is 2.27. The molecule has 0 saturated carbocycles. The van der Waals surface area contributed by atoms with Crippen LogP contribution in [0.1, 0.15) is 24.2 Å². The van der Waals surface area contributed by atoms with Gasteiger partial charge in [-0.1, -0.05) is 6.07 Å². The van der Waals surface area contributed by atoms with Crippen LogP contribution in [0.25, 0.3) is 0 Å². The van der Waals surface area contributed by atoms with Crippen molar-refractivity contribution in [2.24, 2.45) is 5.73 Å². The number of nitrogens with one attached hydrogen (secondary N) is 1. The largest absolute Gasteiger partial charge is 0.365 e. The smallest absolute Gasteiger partial charge is 0.251 e. The number of rotatable bonds is 2. The molecule has 0 spiro atoms. The van der Waals surface area contributed by atoms with Crippen molar-refractivity contribution in [3.63, 3.8) is 0 Å². The minimum atomic E-state index is -0.396. The Kier molecular flexibility index (Phi) is 3.64. The predicted molar refractivity (Wildman–Crippen MR) is 77.0 cm³/mol. The van der Waals surface area contributed by atoms with Crippen molar-refractivity contribution >= 4 is 27.5 Å². The Morgan fingerprint density at radius 2 is 2.22 bits per heavy atom. The van der Waals surface area contributed by atoms with Gasteiger partial charge in [0.25, 0.3) is 5.91 Å². The second-order valence-electron chi connectivity index (χ2n) is 5.14. The Bertz CT molecular complexity index is 473. The molecule has 18 heavy (non-hydrogen) atoms. The van der Waals surface area contributed by atoms with Crippen LogP contribution in [0.5, 0.6) is 0 Å². The third-order valence-electron chi connectivity index (χ3n) is 3.33. The van der Waals surface area contributed by atoms with Gasteiger partial charge >= 0.3 is 0 Å². The van der Waals surface area contributed by atoms with E-state index >= 15 is 0 Å². The van der Waals surface area contributed by atoms with Gasteiger partial charge < -0.3 is 16.0 Å². The molecule has 0 unspecified atom stereocenters. The summed E-state index contributed by atoms with van der Waals surface area (Å²) in [5.41, 5.74) is 6.93. The summed E-state index contributed by atoms with van der Waals surface area (Å²) in [6.07, 6.45) is 0. The monoisotopic (exact) mass is 311 g/mol. The van der Waals surface area contributed by atoms with Crippen LogP contribution in [-0.2, 0) is 0 Å². The lowest BCUT2D eigenvalue weighted by Crippen LogP contribution is -2.58. The maximum atomic E-state index is 11.6. The number of amides is 1. The van der Waals surface area contributed by atoms with E-state index in [2.05, 4.69) is 40.0 Å². The third-order valence-corrected chi connectivity index (χ3v) is 3.99. The molecule has 3 N–H and O–H groups in total. The number of carbonyl (C=O) groups is 1. The first kappa shape index (κ1) is 13.4. The lowest BCUT2D eigenvalue weighted by Gasteiger charge is -2.45. The summed E-state index contributed by atoms with van der Waals surface area (Å²) in [7, 11) is 0. The van der Waals surface area contributed by atoms with Gasteiger partial charge in [0.15, 0.2) is 0 Å². The molecule has 0 aliphatic carbocycles. The maximum Gasteiger partial charge on any atom is 0.251 e. The van der Waals surface area contributed by atoms with Crippen molar-refractivity contribution in [3.05, 3.63) is 28.2 Å². The molecule has 5 heteroatoms. The molecule has 1 aromatic carbocycles. The van der Waals surface area contributed by atoms with Gasteiger partial charge in [-0.3, -0.25) is 4.79 Å². The lowest BCUT2D eigenvalue weighted by atomic mass is 9.97. The first-order valence-electron chi connectivity index (χ1n) is 6.00. The number of nitrogens with two attached hydrogens (primary N) is 1. The van der Waals surface area contributed by atoms with Gasteiger partial charge in [0.1, 0.15) is 0 Å². The quantitative estimate of drug-likeness (QED) is 0.874. The van der Waals surface area contributed by atoms with Gasteiger partial charge in [0.05, 0.1) is 11.3 Å². The Balaban J connectivity index is 2.50. The number of hydrogen-bond donors (Lipinski definition) is 2. The average molecular weight is 312 g/mol. The van der Waals surface area contributed by atoms with E-state index in [-0.39, 0.29) is 5.54 Å². The topological polar surface area (TPSA) is 58.4 Å². The fraction of sp³-hybridized carbons (Fsp3) is 0.462. The van der Waals surface area contributed by atoms with E-state index in [1.807, 2.05) is 18.2 Å².